The van der Waals surface area contributed by atoms with E-state index in [0.29, 0.717) is 30.4 Å². The van der Waals surface area contributed by atoms with Crippen LogP contribution in [0.25, 0.3) is 5.69 Å². The second-order valence-corrected chi connectivity index (χ2v) is 6.23. The highest BCUT2D eigenvalue weighted by Crippen LogP contribution is 2.24. The standard InChI is InChI=1S/C20H24N6O/c1-5-25(6-2)19(27)17-13-21-26(16-10-8-7-9-11-16)18(17)24-20-22-14(3)12-15(4)23-20/h7-13H,5-6H2,1-4H3,(H,22,23,24). The van der Waals surface area contributed by atoms with Crippen LogP contribution in [0.5, 0.6) is 0 Å². The van der Waals surface area contributed by atoms with Gasteiger partial charge >= 0.3 is 0 Å². The molecule has 0 spiro atoms. The van der Waals surface area contributed by atoms with E-state index >= 15 is 0 Å². The highest BCUT2D eigenvalue weighted by molar-refractivity contribution is 5.99. The van der Waals surface area contributed by atoms with Gasteiger partial charge in [-0.2, -0.15) is 5.10 Å². The van der Waals surface area contributed by atoms with Crippen molar-refractivity contribution in [2.24, 2.45) is 0 Å². The lowest BCUT2D eigenvalue weighted by molar-refractivity contribution is 0.0774. The van der Waals surface area contributed by atoms with Crippen LogP contribution in [0.15, 0.2) is 42.6 Å². The SMILES string of the molecule is CCN(CC)C(=O)c1cnn(-c2ccccc2)c1Nc1nc(C)cc(C)n1. The topological polar surface area (TPSA) is 75.9 Å². The van der Waals surface area contributed by atoms with Crippen LogP contribution in [0.2, 0.25) is 0 Å². The Morgan fingerprint density at radius 3 is 2.30 bits per heavy atom. The van der Waals surface area contributed by atoms with Crippen LogP contribution < -0.4 is 5.32 Å². The molecule has 1 N–H and O–H groups in total. The largest absolute Gasteiger partial charge is 0.339 e. The summed E-state index contributed by atoms with van der Waals surface area (Å²) in [6.07, 6.45) is 1.60. The third-order valence-electron chi connectivity index (χ3n) is 4.26. The summed E-state index contributed by atoms with van der Waals surface area (Å²) in [4.78, 5) is 23.6. The monoisotopic (exact) mass is 364 g/mol. The molecule has 0 fully saturated rings. The van der Waals surface area contributed by atoms with E-state index in [-0.39, 0.29) is 5.91 Å². The van der Waals surface area contributed by atoms with E-state index < -0.39 is 0 Å². The fourth-order valence-corrected chi connectivity index (χ4v) is 2.96. The fraction of sp³-hybridized carbons (Fsp3) is 0.300. The smallest absolute Gasteiger partial charge is 0.259 e. The van der Waals surface area contributed by atoms with Crippen LogP contribution in [-0.4, -0.2) is 43.6 Å². The number of hydrogen-bond donors (Lipinski definition) is 1. The van der Waals surface area contributed by atoms with Crippen molar-refractivity contribution in [3.63, 3.8) is 0 Å². The molecule has 7 heteroatoms. The third kappa shape index (κ3) is 3.97. The molecule has 0 aliphatic rings. The van der Waals surface area contributed by atoms with Crippen molar-refractivity contribution >= 4 is 17.7 Å². The Balaban J connectivity index is 2.09. The van der Waals surface area contributed by atoms with Crippen LogP contribution in [0.1, 0.15) is 35.6 Å². The van der Waals surface area contributed by atoms with Crippen LogP contribution in [-0.2, 0) is 0 Å². The molecule has 3 rings (SSSR count). The lowest BCUT2D eigenvalue weighted by Crippen LogP contribution is -2.30. The number of anilines is 2. The van der Waals surface area contributed by atoms with Gasteiger partial charge in [0.2, 0.25) is 5.95 Å². The van der Waals surface area contributed by atoms with E-state index in [0.717, 1.165) is 17.1 Å². The lowest BCUT2D eigenvalue weighted by atomic mass is 10.2. The van der Waals surface area contributed by atoms with Gasteiger partial charge in [0.15, 0.2) is 0 Å². The summed E-state index contributed by atoms with van der Waals surface area (Å²) in [6, 6.07) is 11.6. The molecule has 140 valence electrons. The predicted octanol–water partition coefficient (Wildman–Crippen LogP) is 3.50. The molecular formula is C20H24N6O. The maximum atomic E-state index is 13.0. The molecule has 0 bridgehead atoms. The first-order valence-corrected chi connectivity index (χ1v) is 9.05. The molecule has 0 saturated heterocycles. The van der Waals surface area contributed by atoms with Gasteiger partial charge in [-0.25, -0.2) is 14.6 Å². The number of carbonyl (C=O) groups is 1. The second-order valence-electron chi connectivity index (χ2n) is 6.23. The molecule has 3 aromatic rings. The highest BCUT2D eigenvalue weighted by Gasteiger charge is 2.22. The summed E-state index contributed by atoms with van der Waals surface area (Å²) in [5.74, 6) is 0.927. The number of amides is 1. The average molecular weight is 364 g/mol. The van der Waals surface area contributed by atoms with Crippen LogP contribution in [0.3, 0.4) is 0 Å². The minimum atomic E-state index is -0.0749. The predicted molar refractivity (Wildman–Crippen MR) is 106 cm³/mol. The lowest BCUT2D eigenvalue weighted by Gasteiger charge is -2.19. The van der Waals surface area contributed by atoms with E-state index in [2.05, 4.69) is 20.4 Å². The number of nitrogens with zero attached hydrogens (tertiary/aromatic N) is 5. The van der Waals surface area contributed by atoms with Gasteiger partial charge in [-0.3, -0.25) is 4.79 Å². The average Bonchev–Trinajstić information content (AvgIpc) is 3.06. The molecule has 0 radical (unpaired) electrons. The molecule has 0 aliphatic heterocycles. The highest BCUT2D eigenvalue weighted by atomic mass is 16.2. The van der Waals surface area contributed by atoms with Gasteiger partial charge in [-0.15, -0.1) is 0 Å². The summed E-state index contributed by atoms with van der Waals surface area (Å²) in [5, 5.41) is 7.67. The zero-order valence-electron chi connectivity index (χ0n) is 16.1. The first-order chi connectivity index (χ1) is 13.0. The summed E-state index contributed by atoms with van der Waals surface area (Å²) in [7, 11) is 0. The number of rotatable bonds is 6. The normalized spacial score (nSPS) is 10.7. The number of aromatic nitrogens is 4. The van der Waals surface area contributed by atoms with Crippen LogP contribution >= 0.6 is 0 Å². The van der Waals surface area contributed by atoms with Crippen molar-refractivity contribution < 1.29 is 4.79 Å². The molecule has 2 aromatic heterocycles. The maximum Gasteiger partial charge on any atom is 0.259 e. The minimum Gasteiger partial charge on any atom is -0.339 e. The summed E-state index contributed by atoms with van der Waals surface area (Å²) in [6.45, 7) is 9.01. The molecule has 0 aliphatic carbocycles. The molecule has 7 nitrogen and oxygen atoms in total. The van der Waals surface area contributed by atoms with Gasteiger partial charge in [0.05, 0.1) is 11.9 Å². The summed E-state index contributed by atoms with van der Waals surface area (Å²) in [5.41, 5.74) is 3.05. The Morgan fingerprint density at radius 1 is 1.07 bits per heavy atom. The zero-order valence-corrected chi connectivity index (χ0v) is 16.1. The first-order valence-electron chi connectivity index (χ1n) is 9.05. The van der Waals surface area contributed by atoms with Crippen molar-refractivity contribution in [2.45, 2.75) is 27.7 Å². The van der Waals surface area contributed by atoms with E-state index in [1.807, 2.05) is 64.1 Å². The minimum absolute atomic E-state index is 0.0749. The van der Waals surface area contributed by atoms with Gasteiger partial charge < -0.3 is 10.2 Å². The van der Waals surface area contributed by atoms with Gasteiger partial charge in [-0.1, -0.05) is 18.2 Å². The molecule has 1 amide bonds. The molecular weight excluding hydrogens is 340 g/mol. The van der Waals surface area contributed by atoms with Gasteiger partial charge in [-0.05, 0) is 45.9 Å². The van der Waals surface area contributed by atoms with Crippen molar-refractivity contribution in [3.05, 3.63) is 59.5 Å². The van der Waals surface area contributed by atoms with Crippen molar-refractivity contribution in [3.8, 4) is 5.69 Å². The van der Waals surface area contributed by atoms with Crippen molar-refractivity contribution in [1.82, 2.24) is 24.6 Å². The fourth-order valence-electron chi connectivity index (χ4n) is 2.96. The second kappa shape index (κ2) is 7.99. The number of benzene rings is 1. The number of hydrogen-bond acceptors (Lipinski definition) is 5. The van der Waals surface area contributed by atoms with E-state index in [1.165, 1.54) is 0 Å². The molecule has 1 aromatic carbocycles. The molecule has 0 unspecified atom stereocenters. The summed E-state index contributed by atoms with van der Waals surface area (Å²) < 4.78 is 1.71. The number of para-hydroxylation sites is 1. The van der Waals surface area contributed by atoms with Gasteiger partial charge in [0.25, 0.3) is 5.91 Å². The zero-order chi connectivity index (χ0) is 19.4. The van der Waals surface area contributed by atoms with E-state index in [4.69, 9.17) is 0 Å². The van der Waals surface area contributed by atoms with E-state index in [1.54, 1.807) is 15.8 Å². The molecule has 0 saturated carbocycles. The first kappa shape index (κ1) is 18.6. The quantitative estimate of drug-likeness (QED) is 0.724. The molecule has 27 heavy (non-hydrogen) atoms. The Labute approximate surface area is 159 Å². The summed E-state index contributed by atoms with van der Waals surface area (Å²) >= 11 is 0. The molecule has 2 heterocycles. The Bertz CT molecular complexity index is 911. The van der Waals surface area contributed by atoms with Gasteiger partial charge in [0, 0.05) is 24.5 Å². The van der Waals surface area contributed by atoms with Crippen molar-refractivity contribution in [1.29, 1.82) is 0 Å². The maximum absolute atomic E-state index is 13.0. The Kier molecular flexibility index (Phi) is 5.49. The van der Waals surface area contributed by atoms with E-state index in [9.17, 15) is 4.79 Å². The number of nitrogens with one attached hydrogen (secondary N) is 1. The van der Waals surface area contributed by atoms with Crippen LogP contribution in [0, 0.1) is 13.8 Å². The number of carbonyl (C=O) groups excluding carboxylic acids is 1. The third-order valence-corrected chi connectivity index (χ3v) is 4.26. The Morgan fingerprint density at radius 2 is 1.70 bits per heavy atom. The van der Waals surface area contributed by atoms with Crippen LogP contribution in [0.4, 0.5) is 11.8 Å². The molecule has 0 atom stereocenters. The Hall–Kier alpha value is -3.22. The van der Waals surface area contributed by atoms with Crippen molar-refractivity contribution in [2.75, 3.05) is 18.4 Å². The van der Waals surface area contributed by atoms with Gasteiger partial charge in [0.1, 0.15) is 11.4 Å². The number of aryl methyl sites for hydroxylation is 2.